The average molecular weight is 928 g/mol. The minimum atomic E-state index is -0.777. The van der Waals surface area contributed by atoms with Crippen molar-refractivity contribution < 1.29 is 28.6 Å². The Morgan fingerprint density at radius 2 is 0.561 bits per heavy atom. The van der Waals surface area contributed by atoms with Crippen LogP contribution in [0.3, 0.4) is 0 Å². The highest BCUT2D eigenvalue weighted by atomic mass is 16.6. The monoisotopic (exact) mass is 927 g/mol. The van der Waals surface area contributed by atoms with Gasteiger partial charge in [0.2, 0.25) is 0 Å². The van der Waals surface area contributed by atoms with E-state index >= 15 is 0 Å². The Bertz CT molecular complexity index is 1110. The highest BCUT2D eigenvalue weighted by Crippen LogP contribution is 2.17. The van der Waals surface area contributed by atoms with Crippen LogP contribution in [0, 0.1) is 0 Å². The van der Waals surface area contributed by atoms with Gasteiger partial charge in [0.15, 0.2) is 6.10 Å². The summed E-state index contributed by atoms with van der Waals surface area (Å²) in [7, 11) is 0. The van der Waals surface area contributed by atoms with Gasteiger partial charge in [0.1, 0.15) is 13.2 Å². The molecule has 0 rings (SSSR count). The third-order valence-electron chi connectivity index (χ3n) is 12.9. The van der Waals surface area contributed by atoms with Crippen LogP contribution in [0.25, 0.3) is 0 Å². The van der Waals surface area contributed by atoms with Gasteiger partial charge in [0.05, 0.1) is 0 Å². The first-order valence-electron chi connectivity index (χ1n) is 29.0. The first kappa shape index (κ1) is 63.6. The van der Waals surface area contributed by atoms with Crippen molar-refractivity contribution in [1.29, 1.82) is 0 Å². The molecule has 0 bridgehead atoms. The zero-order valence-electron chi connectivity index (χ0n) is 44.2. The number of allylic oxidation sites excluding steroid dienone is 6. The summed E-state index contributed by atoms with van der Waals surface area (Å²) in [5.41, 5.74) is 0. The molecule has 0 heterocycles. The summed E-state index contributed by atoms with van der Waals surface area (Å²) in [5, 5.41) is 0. The fourth-order valence-corrected chi connectivity index (χ4v) is 8.46. The fourth-order valence-electron chi connectivity index (χ4n) is 8.46. The molecule has 6 heteroatoms. The molecule has 0 aromatic carbocycles. The molecule has 6 nitrogen and oxygen atoms in total. The van der Waals surface area contributed by atoms with Gasteiger partial charge in [0.25, 0.3) is 0 Å². The van der Waals surface area contributed by atoms with Crippen molar-refractivity contribution in [2.45, 2.75) is 316 Å². The SMILES string of the molecule is CCCC/C=C/C/C=C/CCCCCCCC(=O)OC[C@H](COC(=O)CCCCCCCCCCCCCCCCCCCCC)OC(=O)CCCCCCCCC/C=C/CCCCCC. The quantitative estimate of drug-likeness (QED) is 0.0262. The number of hydrogen-bond acceptors (Lipinski definition) is 6. The number of carbonyl (C=O) groups is 3. The number of unbranched alkanes of at least 4 members (excludes halogenated alkanes) is 36. The van der Waals surface area contributed by atoms with Crippen molar-refractivity contribution in [1.82, 2.24) is 0 Å². The van der Waals surface area contributed by atoms with Crippen molar-refractivity contribution in [3.05, 3.63) is 36.5 Å². The van der Waals surface area contributed by atoms with E-state index in [9.17, 15) is 14.4 Å². The van der Waals surface area contributed by atoms with Crippen LogP contribution in [-0.2, 0) is 28.6 Å². The van der Waals surface area contributed by atoms with E-state index in [2.05, 4.69) is 57.2 Å². The van der Waals surface area contributed by atoms with E-state index in [1.54, 1.807) is 0 Å². The topological polar surface area (TPSA) is 78.9 Å². The molecule has 0 radical (unpaired) electrons. The summed E-state index contributed by atoms with van der Waals surface area (Å²) in [6, 6.07) is 0. The molecule has 0 aliphatic rings. The van der Waals surface area contributed by atoms with E-state index in [0.717, 1.165) is 77.0 Å². The summed E-state index contributed by atoms with van der Waals surface area (Å²) in [6.45, 7) is 6.61. The zero-order chi connectivity index (χ0) is 47.9. The molecule has 0 fully saturated rings. The van der Waals surface area contributed by atoms with Crippen LogP contribution in [0.4, 0.5) is 0 Å². The zero-order valence-corrected chi connectivity index (χ0v) is 44.2. The van der Waals surface area contributed by atoms with Gasteiger partial charge in [-0.2, -0.15) is 0 Å². The normalized spacial score (nSPS) is 12.2. The lowest BCUT2D eigenvalue weighted by Gasteiger charge is -2.18. The van der Waals surface area contributed by atoms with E-state index in [4.69, 9.17) is 14.2 Å². The molecule has 0 N–H and O–H groups in total. The molecule has 0 aliphatic heterocycles. The second-order valence-electron chi connectivity index (χ2n) is 19.6. The van der Waals surface area contributed by atoms with Crippen LogP contribution in [0.1, 0.15) is 310 Å². The number of ether oxygens (including phenoxy) is 3. The Kier molecular flexibility index (Phi) is 53.2. The van der Waals surface area contributed by atoms with Gasteiger partial charge in [-0.25, -0.2) is 0 Å². The van der Waals surface area contributed by atoms with E-state index < -0.39 is 6.10 Å². The van der Waals surface area contributed by atoms with Gasteiger partial charge in [-0.1, -0.05) is 256 Å². The Labute approximate surface area is 410 Å². The molecule has 0 saturated heterocycles. The lowest BCUT2D eigenvalue weighted by Crippen LogP contribution is -2.30. The molecule has 1 atom stereocenters. The molecular formula is C60H110O6. The maximum absolute atomic E-state index is 12.8. The predicted molar refractivity (Wildman–Crippen MR) is 284 cm³/mol. The van der Waals surface area contributed by atoms with Crippen LogP contribution in [-0.4, -0.2) is 37.2 Å². The molecular weight excluding hydrogens is 817 g/mol. The fraction of sp³-hybridized carbons (Fsp3) is 0.850. The van der Waals surface area contributed by atoms with Crippen LogP contribution in [0.15, 0.2) is 36.5 Å². The van der Waals surface area contributed by atoms with Crippen LogP contribution < -0.4 is 0 Å². The van der Waals surface area contributed by atoms with E-state index in [0.29, 0.717) is 19.3 Å². The summed E-state index contributed by atoms with van der Waals surface area (Å²) >= 11 is 0. The Hall–Kier alpha value is -2.37. The molecule has 0 spiro atoms. The summed E-state index contributed by atoms with van der Waals surface area (Å²) in [4.78, 5) is 38.1. The third-order valence-corrected chi connectivity index (χ3v) is 12.9. The standard InChI is InChI=1S/C60H110O6/c1-4-7-10-13-16-19-22-25-28-29-30-31-33-35-38-41-44-47-50-53-59(62)65-56-57(55-64-58(61)52-49-46-43-40-37-34-27-24-21-18-15-12-9-6-3)66-60(63)54-51-48-45-42-39-36-32-26-23-20-17-14-11-8-5-2/h15,18,20,23-24,27,57H,4-14,16-17,19,21-22,25-26,28-56H2,1-3H3/b18-15+,23-20+,27-24+/t57-/m1/s1. The van der Waals surface area contributed by atoms with Gasteiger partial charge >= 0.3 is 17.9 Å². The minimum Gasteiger partial charge on any atom is -0.462 e. The lowest BCUT2D eigenvalue weighted by atomic mass is 10.0. The smallest absolute Gasteiger partial charge is 0.306 e. The van der Waals surface area contributed by atoms with Crippen molar-refractivity contribution in [3.8, 4) is 0 Å². The van der Waals surface area contributed by atoms with E-state index in [1.807, 2.05) is 0 Å². The van der Waals surface area contributed by atoms with Gasteiger partial charge in [-0.15, -0.1) is 0 Å². The van der Waals surface area contributed by atoms with E-state index in [-0.39, 0.29) is 31.1 Å². The van der Waals surface area contributed by atoms with Crippen molar-refractivity contribution >= 4 is 17.9 Å². The van der Waals surface area contributed by atoms with E-state index in [1.165, 1.54) is 193 Å². The molecule has 0 saturated carbocycles. The first-order chi connectivity index (χ1) is 32.5. The van der Waals surface area contributed by atoms with Crippen molar-refractivity contribution in [3.63, 3.8) is 0 Å². The Balaban J connectivity index is 4.33. The average Bonchev–Trinajstić information content (AvgIpc) is 3.31. The highest BCUT2D eigenvalue weighted by Gasteiger charge is 2.19. The van der Waals surface area contributed by atoms with Crippen molar-refractivity contribution in [2.75, 3.05) is 13.2 Å². The number of rotatable bonds is 53. The lowest BCUT2D eigenvalue weighted by molar-refractivity contribution is -0.167. The Morgan fingerprint density at radius 1 is 0.303 bits per heavy atom. The van der Waals surface area contributed by atoms with Crippen LogP contribution in [0.2, 0.25) is 0 Å². The maximum atomic E-state index is 12.8. The predicted octanol–water partition coefficient (Wildman–Crippen LogP) is 19.3. The summed E-state index contributed by atoms with van der Waals surface area (Å²) in [6.07, 6.45) is 65.6. The number of esters is 3. The Morgan fingerprint density at radius 3 is 0.909 bits per heavy atom. The summed E-state index contributed by atoms with van der Waals surface area (Å²) in [5.74, 6) is -0.877. The molecule has 66 heavy (non-hydrogen) atoms. The molecule has 0 unspecified atom stereocenters. The van der Waals surface area contributed by atoms with Crippen LogP contribution in [0.5, 0.6) is 0 Å². The third kappa shape index (κ3) is 52.6. The number of carbonyl (C=O) groups excluding carboxylic acids is 3. The maximum Gasteiger partial charge on any atom is 0.306 e. The van der Waals surface area contributed by atoms with Gasteiger partial charge in [0, 0.05) is 19.3 Å². The molecule has 0 amide bonds. The van der Waals surface area contributed by atoms with Gasteiger partial charge in [-0.3, -0.25) is 14.4 Å². The molecule has 386 valence electrons. The van der Waals surface area contributed by atoms with Crippen LogP contribution >= 0.6 is 0 Å². The highest BCUT2D eigenvalue weighted by molar-refractivity contribution is 5.71. The minimum absolute atomic E-state index is 0.0748. The second-order valence-corrected chi connectivity index (χ2v) is 19.6. The molecule has 0 aromatic rings. The van der Waals surface area contributed by atoms with Gasteiger partial charge in [-0.05, 0) is 70.6 Å². The van der Waals surface area contributed by atoms with Crippen molar-refractivity contribution in [2.24, 2.45) is 0 Å². The number of hydrogen-bond donors (Lipinski definition) is 0. The summed E-state index contributed by atoms with van der Waals surface area (Å²) < 4.78 is 16.9. The molecule has 0 aromatic heterocycles. The first-order valence-corrected chi connectivity index (χ1v) is 29.0. The molecule has 0 aliphatic carbocycles. The van der Waals surface area contributed by atoms with Gasteiger partial charge < -0.3 is 14.2 Å². The largest absolute Gasteiger partial charge is 0.462 e. The second kappa shape index (κ2) is 55.2.